The normalized spacial score (nSPS) is 21.6. The largest absolute Gasteiger partial charge is 0.481 e. The quantitative estimate of drug-likeness (QED) is 0.805. The van der Waals surface area contributed by atoms with Gasteiger partial charge in [0.15, 0.2) is 5.92 Å². The van der Waals surface area contributed by atoms with Crippen LogP contribution < -0.4 is 5.32 Å². The third-order valence-corrected chi connectivity index (χ3v) is 3.65. The molecule has 0 spiro atoms. The highest BCUT2D eigenvalue weighted by Crippen LogP contribution is 2.35. The molecule has 0 bridgehead atoms. The van der Waals surface area contributed by atoms with Gasteiger partial charge in [-0.2, -0.15) is 13.2 Å². The molecule has 0 radical (unpaired) electrons. The number of halogens is 3. The van der Waals surface area contributed by atoms with Gasteiger partial charge >= 0.3 is 12.1 Å². The highest BCUT2D eigenvalue weighted by atomic mass is 19.4. The van der Waals surface area contributed by atoms with Crippen LogP contribution in [0.1, 0.15) is 39.0 Å². The molecule has 1 fully saturated rings. The number of hydrogen-bond acceptors (Lipinski definition) is 2. The first kappa shape index (κ1) is 15.3. The minimum absolute atomic E-state index is 0.00685. The summed E-state index contributed by atoms with van der Waals surface area (Å²) in [7, 11) is 0. The molecule has 106 valence electrons. The number of alkyl halides is 3. The van der Waals surface area contributed by atoms with Crippen molar-refractivity contribution in [2.24, 2.45) is 11.3 Å². The smallest absolute Gasteiger partial charge is 0.403 e. The van der Waals surface area contributed by atoms with Crippen LogP contribution in [0.4, 0.5) is 13.2 Å². The number of hydrogen-bond donors (Lipinski definition) is 2. The summed E-state index contributed by atoms with van der Waals surface area (Å²) in [5.41, 5.74) is 0.00685. The third-order valence-electron chi connectivity index (χ3n) is 3.65. The van der Waals surface area contributed by atoms with E-state index < -0.39 is 24.6 Å². The molecule has 18 heavy (non-hydrogen) atoms. The number of nitrogens with one attached hydrogen (secondary N) is 1. The molecule has 2 N–H and O–H groups in total. The third kappa shape index (κ3) is 4.48. The van der Waals surface area contributed by atoms with Gasteiger partial charge < -0.3 is 10.4 Å². The second kappa shape index (κ2) is 5.91. The second-order valence-corrected chi connectivity index (χ2v) is 5.43. The summed E-state index contributed by atoms with van der Waals surface area (Å²) in [6.07, 6.45) is 0.662. The van der Waals surface area contributed by atoms with Crippen LogP contribution in [-0.2, 0) is 4.79 Å². The van der Waals surface area contributed by atoms with E-state index in [4.69, 9.17) is 5.11 Å². The fraction of sp³-hybridized carbons (Fsp3) is 0.917. The molecule has 6 heteroatoms. The Hall–Kier alpha value is -0.780. The molecule has 0 aromatic heterocycles. The average molecular weight is 267 g/mol. The van der Waals surface area contributed by atoms with E-state index in [1.165, 1.54) is 6.42 Å². The molecule has 1 rings (SSSR count). The fourth-order valence-corrected chi connectivity index (χ4v) is 2.44. The second-order valence-electron chi connectivity index (χ2n) is 5.43. The number of rotatable bonds is 5. The number of carboxylic acid groups (broad SMARTS) is 1. The van der Waals surface area contributed by atoms with Gasteiger partial charge in [0.1, 0.15) is 0 Å². The molecule has 0 heterocycles. The van der Waals surface area contributed by atoms with Gasteiger partial charge in [0.25, 0.3) is 0 Å². The van der Waals surface area contributed by atoms with E-state index in [9.17, 15) is 18.0 Å². The number of carbonyl (C=O) groups is 1. The van der Waals surface area contributed by atoms with Gasteiger partial charge in [0.2, 0.25) is 0 Å². The summed E-state index contributed by atoms with van der Waals surface area (Å²) in [6, 6.07) is 0. The summed E-state index contributed by atoms with van der Waals surface area (Å²) < 4.78 is 37.2. The van der Waals surface area contributed by atoms with E-state index in [0.717, 1.165) is 25.7 Å². The van der Waals surface area contributed by atoms with Crippen molar-refractivity contribution in [1.29, 1.82) is 0 Å². The van der Waals surface area contributed by atoms with E-state index in [-0.39, 0.29) is 5.41 Å². The molecule has 0 aliphatic heterocycles. The van der Waals surface area contributed by atoms with Crippen LogP contribution in [0, 0.1) is 11.3 Å². The zero-order valence-corrected chi connectivity index (χ0v) is 10.5. The molecule has 0 amide bonds. The Bertz CT molecular complexity index is 286. The molecule has 0 saturated heterocycles. The molecule has 1 atom stereocenters. The summed E-state index contributed by atoms with van der Waals surface area (Å²) in [4.78, 5) is 10.5. The van der Waals surface area contributed by atoms with Crippen molar-refractivity contribution in [2.45, 2.75) is 45.2 Å². The molecule has 1 saturated carbocycles. The Morgan fingerprint density at radius 3 is 2.33 bits per heavy atom. The zero-order chi connectivity index (χ0) is 13.8. The highest BCUT2D eigenvalue weighted by molar-refractivity contribution is 5.71. The molecule has 1 unspecified atom stereocenters. The lowest BCUT2D eigenvalue weighted by molar-refractivity contribution is -0.192. The van der Waals surface area contributed by atoms with E-state index in [1.54, 1.807) is 0 Å². The van der Waals surface area contributed by atoms with Gasteiger partial charge in [-0.25, -0.2) is 0 Å². The van der Waals surface area contributed by atoms with Crippen molar-refractivity contribution in [1.82, 2.24) is 5.32 Å². The predicted molar refractivity (Wildman–Crippen MR) is 61.2 cm³/mol. The van der Waals surface area contributed by atoms with Crippen molar-refractivity contribution in [3.63, 3.8) is 0 Å². The molecular formula is C12H20F3NO2. The molecule has 1 aliphatic rings. The molecule has 0 aromatic carbocycles. The van der Waals surface area contributed by atoms with Crippen molar-refractivity contribution < 1.29 is 23.1 Å². The van der Waals surface area contributed by atoms with Crippen LogP contribution >= 0.6 is 0 Å². The zero-order valence-electron chi connectivity index (χ0n) is 10.5. The van der Waals surface area contributed by atoms with E-state index in [0.29, 0.717) is 6.54 Å². The van der Waals surface area contributed by atoms with Crippen LogP contribution in [0.3, 0.4) is 0 Å². The fourth-order valence-electron chi connectivity index (χ4n) is 2.44. The van der Waals surface area contributed by atoms with Gasteiger partial charge in [-0.1, -0.05) is 26.2 Å². The monoisotopic (exact) mass is 267 g/mol. The highest BCUT2D eigenvalue weighted by Gasteiger charge is 2.44. The van der Waals surface area contributed by atoms with E-state index in [1.807, 2.05) is 6.92 Å². The van der Waals surface area contributed by atoms with Gasteiger partial charge in [0, 0.05) is 13.1 Å². The Morgan fingerprint density at radius 2 is 1.89 bits per heavy atom. The maximum atomic E-state index is 12.4. The molecule has 0 aromatic rings. The Balaban J connectivity index is 2.41. The number of aliphatic carboxylic acids is 1. The van der Waals surface area contributed by atoms with Crippen LogP contribution in [0.2, 0.25) is 0 Å². The Kier molecular flexibility index (Phi) is 5.01. The van der Waals surface area contributed by atoms with Crippen LogP contribution in [0.15, 0.2) is 0 Å². The van der Waals surface area contributed by atoms with E-state index >= 15 is 0 Å². The first-order valence-corrected chi connectivity index (χ1v) is 6.25. The molecular weight excluding hydrogens is 247 g/mol. The van der Waals surface area contributed by atoms with Gasteiger partial charge in [-0.15, -0.1) is 0 Å². The minimum Gasteiger partial charge on any atom is -0.481 e. The SMILES string of the molecule is CC1(CNCC(C(=O)O)C(F)(F)F)CCCCC1. The van der Waals surface area contributed by atoms with Gasteiger partial charge in [-0.05, 0) is 18.3 Å². The van der Waals surface area contributed by atoms with Gasteiger partial charge in [0.05, 0.1) is 0 Å². The van der Waals surface area contributed by atoms with Crippen molar-refractivity contribution in [3.05, 3.63) is 0 Å². The van der Waals surface area contributed by atoms with Crippen molar-refractivity contribution in [2.75, 3.05) is 13.1 Å². The average Bonchev–Trinajstić information content (AvgIpc) is 2.23. The van der Waals surface area contributed by atoms with Crippen molar-refractivity contribution in [3.8, 4) is 0 Å². The topological polar surface area (TPSA) is 49.3 Å². The standard InChI is InChI=1S/C12H20F3NO2/c1-11(5-3-2-4-6-11)8-16-7-9(10(17)18)12(13,14)15/h9,16H,2-8H2,1H3,(H,17,18). The predicted octanol–water partition coefficient (Wildman–Crippen LogP) is 2.81. The minimum atomic E-state index is -4.69. The lowest BCUT2D eigenvalue weighted by Crippen LogP contribution is -2.42. The molecule has 1 aliphatic carbocycles. The number of carboxylic acids is 1. The van der Waals surface area contributed by atoms with Crippen LogP contribution in [0.25, 0.3) is 0 Å². The van der Waals surface area contributed by atoms with Crippen LogP contribution in [0.5, 0.6) is 0 Å². The Morgan fingerprint density at radius 1 is 1.33 bits per heavy atom. The van der Waals surface area contributed by atoms with E-state index in [2.05, 4.69) is 5.32 Å². The summed E-state index contributed by atoms with van der Waals surface area (Å²) in [6.45, 7) is 1.95. The van der Waals surface area contributed by atoms with Gasteiger partial charge in [-0.3, -0.25) is 4.79 Å². The summed E-state index contributed by atoms with van der Waals surface area (Å²) in [5, 5.41) is 11.2. The Labute approximate surface area is 105 Å². The summed E-state index contributed by atoms with van der Waals surface area (Å²) >= 11 is 0. The van der Waals surface area contributed by atoms with Crippen molar-refractivity contribution >= 4 is 5.97 Å². The summed E-state index contributed by atoms with van der Waals surface area (Å²) in [5.74, 6) is -4.13. The lowest BCUT2D eigenvalue weighted by atomic mass is 9.75. The lowest BCUT2D eigenvalue weighted by Gasteiger charge is -2.34. The first-order chi connectivity index (χ1) is 8.25. The van der Waals surface area contributed by atoms with Crippen LogP contribution in [-0.4, -0.2) is 30.3 Å². The maximum absolute atomic E-state index is 12.4. The molecule has 3 nitrogen and oxygen atoms in total. The first-order valence-electron chi connectivity index (χ1n) is 6.25. The maximum Gasteiger partial charge on any atom is 0.403 e.